The normalized spacial score (nSPS) is 10.2. The third kappa shape index (κ3) is 6.28. The smallest absolute Gasteiger partial charge is 0.217 e. The fraction of sp³-hybridized carbons (Fsp3) is 0.300. The van der Waals surface area contributed by atoms with E-state index in [1.165, 1.54) is 5.69 Å². The molecule has 0 bridgehead atoms. The van der Waals surface area contributed by atoms with Gasteiger partial charge in [-0.25, -0.2) is 8.42 Å². The first kappa shape index (κ1) is 14.8. The molecule has 0 saturated carbocycles. The molecule has 0 aliphatic heterocycles. The van der Waals surface area contributed by atoms with E-state index in [0.29, 0.717) is 0 Å². The second-order valence-corrected chi connectivity index (χ2v) is 3.84. The highest BCUT2D eigenvalue weighted by Gasteiger charge is 1.99. The molecule has 90 valence electrons. The predicted molar refractivity (Wildman–Crippen MR) is 59.1 cm³/mol. The van der Waals surface area contributed by atoms with Crippen molar-refractivity contribution in [2.24, 2.45) is 0 Å². The molecule has 1 heterocycles. The van der Waals surface area contributed by atoms with Crippen LogP contribution in [0.15, 0.2) is 31.0 Å². The van der Waals surface area contributed by atoms with Gasteiger partial charge in [-0.1, -0.05) is 6.58 Å². The van der Waals surface area contributed by atoms with E-state index < -0.39 is 10.4 Å². The van der Waals surface area contributed by atoms with Gasteiger partial charge in [-0.05, 0) is 13.0 Å². The Labute approximate surface area is 96.0 Å². The SMILES string of the molecule is C=Cc1cccc[n+]1CC.COS(=O)(=O)[O-]. The lowest BCUT2D eigenvalue weighted by atomic mass is 10.3. The van der Waals surface area contributed by atoms with Gasteiger partial charge in [0.1, 0.15) is 6.54 Å². The molecule has 5 nitrogen and oxygen atoms in total. The lowest BCUT2D eigenvalue weighted by Crippen LogP contribution is -2.34. The van der Waals surface area contributed by atoms with Crippen LogP contribution in [0.5, 0.6) is 0 Å². The van der Waals surface area contributed by atoms with E-state index >= 15 is 0 Å². The molecule has 1 aromatic rings. The lowest BCUT2D eigenvalue weighted by molar-refractivity contribution is -0.695. The Bertz CT molecular complexity index is 428. The first-order valence-electron chi connectivity index (χ1n) is 4.57. The molecule has 0 spiro atoms. The lowest BCUT2D eigenvalue weighted by Gasteiger charge is -1.98. The van der Waals surface area contributed by atoms with Crippen molar-refractivity contribution in [3.05, 3.63) is 36.7 Å². The highest BCUT2D eigenvalue weighted by Crippen LogP contribution is 1.91. The van der Waals surface area contributed by atoms with Crippen LogP contribution in [0.2, 0.25) is 0 Å². The average molecular weight is 245 g/mol. The van der Waals surface area contributed by atoms with Crippen molar-refractivity contribution in [2.45, 2.75) is 13.5 Å². The molecule has 6 heteroatoms. The topological polar surface area (TPSA) is 70.3 Å². The maximum absolute atomic E-state index is 9.22. The fourth-order valence-electron chi connectivity index (χ4n) is 0.963. The summed E-state index contributed by atoms with van der Waals surface area (Å²) in [5, 5.41) is 0. The third-order valence-electron chi connectivity index (χ3n) is 1.73. The summed E-state index contributed by atoms with van der Waals surface area (Å²) in [7, 11) is -3.60. The number of rotatable bonds is 3. The molecule has 0 aromatic carbocycles. The quantitative estimate of drug-likeness (QED) is 0.447. The van der Waals surface area contributed by atoms with E-state index in [-0.39, 0.29) is 0 Å². The molecule has 0 N–H and O–H groups in total. The highest BCUT2D eigenvalue weighted by molar-refractivity contribution is 7.80. The monoisotopic (exact) mass is 245 g/mol. The first-order chi connectivity index (χ1) is 7.44. The zero-order chi connectivity index (χ0) is 12.6. The van der Waals surface area contributed by atoms with Crippen molar-refractivity contribution in [3.8, 4) is 0 Å². The van der Waals surface area contributed by atoms with Crippen molar-refractivity contribution in [2.75, 3.05) is 7.11 Å². The van der Waals surface area contributed by atoms with Gasteiger partial charge in [0.25, 0.3) is 0 Å². The largest absolute Gasteiger partial charge is 0.726 e. The second-order valence-electron chi connectivity index (χ2n) is 2.69. The Morgan fingerprint density at radius 1 is 1.56 bits per heavy atom. The summed E-state index contributed by atoms with van der Waals surface area (Å²) >= 11 is 0. The van der Waals surface area contributed by atoms with Crippen LogP contribution in [0.25, 0.3) is 6.08 Å². The van der Waals surface area contributed by atoms with Crippen LogP contribution in [-0.4, -0.2) is 20.1 Å². The van der Waals surface area contributed by atoms with Crippen molar-refractivity contribution < 1.29 is 21.7 Å². The number of hydrogen-bond acceptors (Lipinski definition) is 4. The van der Waals surface area contributed by atoms with Crippen molar-refractivity contribution in [1.29, 1.82) is 0 Å². The van der Waals surface area contributed by atoms with Gasteiger partial charge in [-0.3, -0.25) is 4.18 Å². The van der Waals surface area contributed by atoms with Gasteiger partial charge in [0, 0.05) is 18.2 Å². The molecular weight excluding hydrogens is 230 g/mol. The van der Waals surface area contributed by atoms with Gasteiger partial charge in [-0.15, -0.1) is 0 Å². The molecule has 1 rings (SSSR count). The van der Waals surface area contributed by atoms with Crippen LogP contribution in [-0.2, 0) is 21.1 Å². The van der Waals surface area contributed by atoms with Crippen LogP contribution in [0, 0.1) is 0 Å². The summed E-state index contributed by atoms with van der Waals surface area (Å²) in [6.07, 6.45) is 3.92. The summed E-state index contributed by atoms with van der Waals surface area (Å²) in [4.78, 5) is 0. The molecule has 0 aliphatic carbocycles. The van der Waals surface area contributed by atoms with Gasteiger partial charge in [0.2, 0.25) is 16.1 Å². The van der Waals surface area contributed by atoms with Gasteiger partial charge < -0.3 is 4.55 Å². The molecule has 1 aromatic heterocycles. The van der Waals surface area contributed by atoms with Crippen LogP contribution >= 0.6 is 0 Å². The number of aromatic nitrogens is 1. The summed E-state index contributed by atoms with van der Waals surface area (Å²) in [6, 6.07) is 6.09. The Hall–Kier alpha value is -1.24. The minimum atomic E-state index is -4.41. The Kier molecular flexibility index (Phi) is 6.55. The molecule has 0 radical (unpaired) electrons. The summed E-state index contributed by atoms with van der Waals surface area (Å²) in [5.41, 5.74) is 1.17. The van der Waals surface area contributed by atoms with E-state index in [1.807, 2.05) is 18.2 Å². The third-order valence-corrected chi connectivity index (χ3v) is 2.14. The van der Waals surface area contributed by atoms with Crippen molar-refractivity contribution in [1.82, 2.24) is 0 Å². The average Bonchev–Trinajstić information content (AvgIpc) is 2.28. The van der Waals surface area contributed by atoms with Gasteiger partial charge in [0.05, 0.1) is 7.11 Å². The van der Waals surface area contributed by atoms with E-state index in [2.05, 4.69) is 34.5 Å². The Balaban J connectivity index is 0.000000325. The van der Waals surface area contributed by atoms with Gasteiger partial charge in [-0.2, -0.15) is 4.57 Å². The standard InChI is InChI=1S/C9H12N.CH4O4S/c1-3-9-7-5-6-8-10(9)4-2;1-5-6(2,3)4/h3,5-8H,1,4H2,2H3;1H3,(H,2,3,4)/q+1;/p-1. The molecule has 0 unspecified atom stereocenters. The number of pyridine rings is 1. The summed E-state index contributed by atoms with van der Waals surface area (Å²) < 4.78 is 33.2. The van der Waals surface area contributed by atoms with E-state index in [9.17, 15) is 13.0 Å². The zero-order valence-corrected chi connectivity index (χ0v) is 10.1. The molecule has 0 amide bonds. The number of nitrogens with zero attached hydrogens (tertiary/aromatic N) is 1. The van der Waals surface area contributed by atoms with Crippen molar-refractivity contribution >= 4 is 16.5 Å². The minimum Gasteiger partial charge on any atom is -0.726 e. The molecule has 16 heavy (non-hydrogen) atoms. The molecule has 0 atom stereocenters. The predicted octanol–water partition coefficient (Wildman–Crippen LogP) is 0.730. The van der Waals surface area contributed by atoms with Crippen molar-refractivity contribution in [3.63, 3.8) is 0 Å². The summed E-state index contributed by atoms with van der Waals surface area (Å²) in [5.74, 6) is 0. The molecular formula is C10H15NO4S. The van der Waals surface area contributed by atoms with Crippen LogP contribution in [0.3, 0.4) is 0 Å². The Morgan fingerprint density at radius 2 is 2.12 bits per heavy atom. The molecule has 0 fully saturated rings. The zero-order valence-electron chi connectivity index (χ0n) is 9.29. The number of hydrogen-bond donors (Lipinski definition) is 0. The van der Waals surface area contributed by atoms with Crippen LogP contribution in [0.1, 0.15) is 12.6 Å². The highest BCUT2D eigenvalue weighted by atomic mass is 32.3. The van der Waals surface area contributed by atoms with Crippen LogP contribution < -0.4 is 4.57 Å². The first-order valence-corrected chi connectivity index (χ1v) is 5.90. The minimum absolute atomic E-state index is 0.808. The second kappa shape index (κ2) is 7.10. The van der Waals surface area contributed by atoms with E-state index in [1.54, 1.807) is 0 Å². The maximum atomic E-state index is 9.22. The molecule has 0 aliphatic rings. The fourth-order valence-corrected chi connectivity index (χ4v) is 0.963. The van der Waals surface area contributed by atoms with Crippen LogP contribution in [0.4, 0.5) is 0 Å². The summed E-state index contributed by atoms with van der Waals surface area (Å²) in [6.45, 7) is 6.84. The van der Waals surface area contributed by atoms with E-state index in [0.717, 1.165) is 13.7 Å². The molecule has 0 saturated heterocycles. The number of aryl methyl sites for hydroxylation is 1. The van der Waals surface area contributed by atoms with Gasteiger partial charge >= 0.3 is 0 Å². The van der Waals surface area contributed by atoms with Gasteiger partial charge in [0.15, 0.2) is 6.20 Å². The van der Waals surface area contributed by atoms with E-state index in [4.69, 9.17) is 0 Å². The Morgan fingerprint density at radius 3 is 2.44 bits per heavy atom. The maximum Gasteiger partial charge on any atom is 0.217 e.